The Balaban J connectivity index is 1.32. The summed E-state index contributed by atoms with van der Waals surface area (Å²) in [6, 6.07) is 9.55. The number of pyridine rings is 1. The number of aromatic nitrogens is 5. The first-order valence-corrected chi connectivity index (χ1v) is 12.3. The third-order valence-corrected chi connectivity index (χ3v) is 6.72. The Morgan fingerprint density at radius 3 is 2.42 bits per heavy atom. The van der Waals surface area contributed by atoms with Gasteiger partial charge >= 0.3 is 0 Å². The van der Waals surface area contributed by atoms with Crippen molar-refractivity contribution in [2.75, 3.05) is 24.2 Å². The van der Waals surface area contributed by atoms with E-state index in [1.165, 1.54) is 24.8 Å². The van der Waals surface area contributed by atoms with Crippen molar-refractivity contribution < 1.29 is 17.5 Å². The topological polar surface area (TPSA) is 103 Å². The van der Waals surface area contributed by atoms with Crippen molar-refractivity contribution in [3.05, 3.63) is 60.9 Å². The smallest absolute Gasteiger partial charge is 0.228 e. The first kappa shape index (κ1) is 21.3. The van der Waals surface area contributed by atoms with Crippen LogP contribution < -0.4 is 9.64 Å². The van der Waals surface area contributed by atoms with E-state index in [2.05, 4.69) is 25.0 Å². The maximum atomic E-state index is 13.1. The number of benzene rings is 1. The normalized spacial score (nSPS) is 15.2. The van der Waals surface area contributed by atoms with Crippen molar-refractivity contribution in [3.63, 3.8) is 0 Å². The molecule has 0 atom stereocenters. The SMILES string of the molecule is CS(=O)(=O)c1ccc(-n2ncc3c(OC4CCN(c5ccc(F)cn5)CC4)ncnc32)cc1. The molecule has 0 saturated carbocycles. The van der Waals surface area contributed by atoms with Crippen LogP contribution in [0.3, 0.4) is 0 Å². The van der Waals surface area contributed by atoms with E-state index in [0.717, 1.165) is 31.7 Å². The summed E-state index contributed by atoms with van der Waals surface area (Å²) in [5.74, 6) is 0.858. The Bertz CT molecular complexity index is 1380. The third kappa shape index (κ3) is 4.36. The van der Waals surface area contributed by atoms with E-state index < -0.39 is 9.84 Å². The quantitative estimate of drug-likeness (QED) is 0.441. The zero-order valence-electron chi connectivity index (χ0n) is 17.8. The molecule has 33 heavy (non-hydrogen) atoms. The molecule has 0 spiro atoms. The Morgan fingerprint density at radius 1 is 1.00 bits per heavy atom. The van der Waals surface area contributed by atoms with Gasteiger partial charge < -0.3 is 9.64 Å². The number of nitrogens with zero attached hydrogens (tertiary/aromatic N) is 6. The Morgan fingerprint density at radius 2 is 1.76 bits per heavy atom. The zero-order valence-corrected chi connectivity index (χ0v) is 18.6. The summed E-state index contributed by atoms with van der Waals surface area (Å²) < 4.78 is 44.4. The Kier molecular flexibility index (Phi) is 5.41. The standard InChI is InChI=1S/C22H21FN6O3S/c1-33(30,31)18-5-3-16(4-6-18)29-21-19(13-27-29)22(26-14-25-21)32-17-8-10-28(11-9-17)20-7-2-15(23)12-24-20/h2-7,12-14,17H,8-11H2,1H3. The number of piperidine rings is 1. The van der Waals surface area contributed by atoms with Crippen LogP contribution in [0.4, 0.5) is 10.2 Å². The van der Waals surface area contributed by atoms with Crippen molar-refractivity contribution >= 4 is 26.7 Å². The molecule has 9 nitrogen and oxygen atoms in total. The highest BCUT2D eigenvalue weighted by Crippen LogP contribution is 2.27. The van der Waals surface area contributed by atoms with Crippen LogP contribution in [0, 0.1) is 5.82 Å². The molecule has 0 bridgehead atoms. The van der Waals surface area contributed by atoms with E-state index in [9.17, 15) is 12.8 Å². The molecular weight excluding hydrogens is 447 g/mol. The fourth-order valence-corrected chi connectivity index (χ4v) is 4.49. The van der Waals surface area contributed by atoms with Gasteiger partial charge in [-0.1, -0.05) is 0 Å². The molecule has 0 aliphatic carbocycles. The van der Waals surface area contributed by atoms with Gasteiger partial charge in [-0.2, -0.15) is 5.10 Å². The molecule has 1 aromatic carbocycles. The molecule has 5 rings (SSSR count). The predicted molar refractivity (Wildman–Crippen MR) is 120 cm³/mol. The van der Waals surface area contributed by atoms with Gasteiger partial charge in [-0.05, 0) is 36.4 Å². The molecule has 0 radical (unpaired) electrons. The summed E-state index contributed by atoms with van der Waals surface area (Å²) >= 11 is 0. The first-order valence-electron chi connectivity index (χ1n) is 10.4. The second-order valence-corrected chi connectivity index (χ2v) is 9.89. The van der Waals surface area contributed by atoms with Gasteiger partial charge in [0.05, 0.1) is 23.0 Å². The third-order valence-electron chi connectivity index (χ3n) is 5.59. The number of anilines is 1. The summed E-state index contributed by atoms with van der Waals surface area (Å²) in [7, 11) is -3.28. The molecule has 11 heteroatoms. The maximum Gasteiger partial charge on any atom is 0.228 e. The van der Waals surface area contributed by atoms with Gasteiger partial charge in [0, 0.05) is 32.2 Å². The molecule has 0 amide bonds. The number of fused-ring (bicyclic) bond motifs is 1. The minimum absolute atomic E-state index is 0.0304. The van der Waals surface area contributed by atoms with Crippen LogP contribution in [0.1, 0.15) is 12.8 Å². The molecular formula is C22H21FN6O3S. The Hall–Kier alpha value is -3.60. The van der Waals surface area contributed by atoms with Gasteiger partial charge in [0.2, 0.25) is 5.88 Å². The number of hydrogen-bond acceptors (Lipinski definition) is 8. The van der Waals surface area contributed by atoms with E-state index in [-0.39, 0.29) is 16.8 Å². The van der Waals surface area contributed by atoms with Crippen LogP contribution in [0.5, 0.6) is 5.88 Å². The molecule has 170 valence electrons. The lowest BCUT2D eigenvalue weighted by Crippen LogP contribution is -2.38. The van der Waals surface area contributed by atoms with Crippen LogP contribution in [0.2, 0.25) is 0 Å². The van der Waals surface area contributed by atoms with E-state index in [1.807, 2.05) is 0 Å². The number of ether oxygens (including phenoxy) is 1. The van der Waals surface area contributed by atoms with Gasteiger partial charge in [0.25, 0.3) is 0 Å². The largest absolute Gasteiger partial charge is 0.474 e. The average Bonchev–Trinajstić information content (AvgIpc) is 3.25. The second kappa shape index (κ2) is 8.39. The summed E-state index contributed by atoms with van der Waals surface area (Å²) in [5.41, 5.74) is 1.25. The summed E-state index contributed by atoms with van der Waals surface area (Å²) in [6.07, 6.45) is 6.98. The lowest BCUT2D eigenvalue weighted by Gasteiger charge is -2.32. The number of hydrogen-bond donors (Lipinski definition) is 0. The van der Waals surface area contributed by atoms with Crippen molar-refractivity contribution in [3.8, 4) is 11.6 Å². The fraction of sp³-hybridized carbons (Fsp3) is 0.273. The highest BCUT2D eigenvalue weighted by molar-refractivity contribution is 7.90. The number of halogens is 1. The number of rotatable bonds is 5. The highest BCUT2D eigenvalue weighted by atomic mass is 32.2. The average molecular weight is 469 g/mol. The fourth-order valence-electron chi connectivity index (χ4n) is 3.86. The van der Waals surface area contributed by atoms with Crippen LogP contribution in [-0.4, -0.2) is 58.6 Å². The molecule has 0 N–H and O–H groups in total. The minimum atomic E-state index is -3.28. The summed E-state index contributed by atoms with van der Waals surface area (Å²) in [5, 5.41) is 5.08. The highest BCUT2D eigenvalue weighted by Gasteiger charge is 2.23. The van der Waals surface area contributed by atoms with Crippen LogP contribution in [0.25, 0.3) is 16.7 Å². The molecule has 4 aromatic rings. The zero-order chi connectivity index (χ0) is 23.0. The Labute approximate surface area is 189 Å². The van der Waals surface area contributed by atoms with Gasteiger partial charge in [-0.25, -0.2) is 32.4 Å². The lowest BCUT2D eigenvalue weighted by atomic mass is 10.1. The molecule has 1 aliphatic heterocycles. The lowest BCUT2D eigenvalue weighted by molar-refractivity contribution is 0.166. The van der Waals surface area contributed by atoms with E-state index in [4.69, 9.17) is 4.74 Å². The monoisotopic (exact) mass is 468 g/mol. The molecule has 3 aromatic heterocycles. The van der Waals surface area contributed by atoms with E-state index >= 15 is 0 Å². The molecule has 1 saturated heterocycles. The molecule has 1 aliphatic rings. The van der Waals surface area contributed by atoms with Gasteiger partial charge in [0.15, 0.2) is 15.5 Å². The first-order chi connectivity index (χ1) is 15.9. The molecule has 4 heterocycles. The number of sulfone groups is 1. The van der Waals surface area contributed by atoms with Crippen molar-refractivity contribution in [1.29, 1.82) is 0 Å². The van der Waals surface area contributed by atoms with Crippen LogP contribution >= 0.6 is 0 Å². The van der Waals surface area contributed by atoms with Gasteiger partial charge in [0.1, 0.15) is 29.5 Å². The van der Waals surface area contributed by atoms with Crippen molar-refractivity contribution in [2.45, 2.75) is 23.8 Å². The summed E-state index contributed by atoms with van der Waals surface area (Å²) in [6.45, 7) is 1.48. The second-order valence-electron chi connectivity index (χ2n) is 7.88. The van der Waals surface area contributed by atoms with Gasteiger partial charge in [-0.3, -0.25) is 0 Å². The van der Waals surface area contributed by atoms with E-state index in [0.29, 0.717) is 22.6 Å². The van der Waals surface area contributed by atoms with Crippen LogP contribution in [-0.2, 0) is 9.84 Å². The minimum Gasteiger partial charge on any atom is -0.474 e. The summed E-state index contributed by atoms with van der Waals surface area (Å²) in [4.78, 5) is 15.1. The predicted octanol–water partition coefficient (Wildman–Crippen LogP) is 2.80. The van der Waals surface area contributed by atoms with E-state index in [1.54, 1.807) is 41.2 Å². The van der Waals surface area contributed by atoms with Gasteiger partial charge in [-0.15, -0.1) is 0 Å². The molecule has 1 fully saturated rings. The van der Waals surface area contributed by atoms with Crippen molar-refractivity contribution in [2.24, 2.45) is 0 Å². The maximum absolute atomic E-state index is 13.1. The van der Waals surface area contributed by atoms with Crippen LogP contribution in [0.15, 0.2) is 60.0 Å². The molecule has 0 unspecified atom stereocenters. The van der Waals surface area contributed by atoms with Crippen molar-refractivity contribution in [1.82, 2.24) is 24.7 Å².